The number of benzene rings is 2. The van der Waals surface area contributed by atoms with Gasteiger partial charge in [-0.1, -0.05) is 24.3 Å². The third kappa shape index (κ3) is 3.29. The van der Waals surface area contributed by atoms with Gasteiger partial charge in [0, 0.05) is 6.26 Å². The Morgan fingerprint density at radius 3 is 2.52 bits per heavy atom. The van der Waals surface area contributed by atoms with Gasteiger partial charge in [0.1, 0.15) is 11.3 Å². The molecule has 0 amide bonds. The van der Waals surface area contributed by atoms with Crippen LogP contribution in [0.4, 0.5) is 0 Å². The third-order valence-corrected chi connectivity index (χ3v) is 5.59. The standard InChI is InChI=1S/C20H18N4O4S/c1-28-14-9-7-13(8-10-14)11-23-19(25)17-18(22-12-21-17)24(20(23)26)15-5-3-4-6-16(15)29(2)27/h3-10,12H,11H2,1-2H3,(H,21,22)/t29-/m0/s1. The molecule has 0 aliphatic rings. The van der Waals surface area contributed by atoms with Crippen molar-refractivity contribution in [3.05, 3.63) is 81.3 Å². The van der Waals surface area contributed by atoms with Crippen LogP contribution in [0.5, 0.6) is 5.75 Å². The number of hydrogen-bond acceptors (Lipinski definition) is 5. The van der Waals surface area contributed by atoms with E-state index in [0.717, 1.165) is 10.1 Å². The van der Waals surface area contributed by atoms with E-state index in [1.165, 1.54) is 10.9 Å². The van der Waals surface area contributed by atoms with Crippen molar-refractivity contribution in [2.75, 3.05) is 13.4 Å². The van der Waals surface area contributed by atoms with Crippen LogP contribution in [-0.4, -0.2) is 36.7 Å². The van der Waals surface area contributed by atoms with E-state index in [2.05, 4.69) is 9.97 Å². The van der Waals surface area contributed by atoms with Gasteiger partial charge in [0.15, 0.2) is 5.65 Å². The van der Waals surface area contributed by atoms with Gasteiger partial charge in [-0.3, -0.25) is 13.6 Å². The normalized spacial score (nSPS) is 12.2. The maximum atomic E-state index is 13.4. The average Bonchev–Trinajstić information content (AvgIpc) is 3.21. The van der Waals surface area contributed by atoms with E-state index in [4.69, 9.17) is 4.74 Å². The lowest BCUT2D eigenvalue weighted by atomic mass is 10.2. The van der Waals surface area contributed by atoms with Crippen molar-refractivity contribution in [2.45, 2.75) is 11.4 Å². The van der Waals surface area contributed by atoms with E-state index in [1.807, 2.05) is 0 Å². The molecule has 1 N–H and O–H groups in total. The number of aromatic nitrogens is 4. The fourth-order valence-electron chi connectivity index (χ4n) is 3.20. The zero-order chi connectivity index (χ0) is 20.5. The highest BCUT2D eigenvalue weighted by molar-refractivity contribution is 7.84. The molecule has 0 saturated carbocycles. The Labute approximate surface area is 167 Å². The number of methoxy groups -OCH3 is 1. The SMILES string of the molecule is COc1ccc(Cn2c(=O)c3[nH]cnc3n(-c3ccccc3[S@](C)=O)c2=O)cc1. The van der Waals surface area contributed by atoms with Crippen LogP contribution in [0.1, 0.15) is 5.56 Å². The maximum absolute atomic E-state index is 13.4. The van der Waals surface area contributed by atoms with Gasteiger partial charge >= 0.3 is 5.69 Å². The third-order valence-electron chi connectivity index (χ3n) is 4.63. The monoisotopic (exact) mass is 410 g/mol. The number of para-hydroxylation sites is 1. The summed E-state index contributed by atoms with van der Waals surface area (Å²) in [4.78, 5) is 33.8. The smallest absolute Gasteiger partial charge is 0.337 e. The van der Waals surface area contributed by atoms with Gasteiger partial charge in [-0.2, -0.15) is 0 Å². The molecule has 0 aliphatic carbocycles. The molecule has 0 bridgehead atoms. The van der Waals surface area contributed by atoms with Crippen LogP contribution in [0.25, 0.3) is 16.9 Å². The van der Waals surface area contributed by atoms with Crippen molar-refractivity contribution < 1.29 is 8.95 Å². The van der Waals surface area contributed by atoms with Gasteiger partial charge in [-0.05, 0) is 29.8 Å². The molecule has 0 radical (unpaired) electrons. The van der Waals surface area contributed by atoms with E-state index in [9.17, 15) is 13.8 Å². The number of rotatable bonds is 5. The van der Waals surface area contributed by atoms with Gasteiger partial charge in [0.05, 0.1) is 41.4 Å². The van der Waals surface area contributed by atoms with E-state index < -0.39 is 22.0 Å². The average molecular weight is 410 g/mol. The molecule has 0 saturated heterocycles. The summed E-state index contributed by atoms with van der Waals surface area (Å²) in [6, 6.07) is 14.0. The number of aromatic amines is 1. The summed E-state index contributed by atoms with van der Waals surface area (Å²) in [5.41, 5.74) is 0.577. The van der Waals surface area contributed by atoms with Crippen LogP contribution in [-0.2, 0) is 17.3 Å². The largest absolute Gasteiger partial charge is 0.497 e. The topological polar surface area (TPSA) is 99.0 Å². The van der Waals surface area contributed by atoms with Crippen LogP contribution in [0.2, 0.25) is 0 Å². The molecule has 2 aromatic carbocycles. The van der Waals surface area contributed by atoms with Crippen molar-refractivity contribution in [1.29, 1.82) is 0 Å². The molecule has 1 atom stereocenters. The number of imidazole rings is 1. The number of fused-ring (bicyclic) bond motifs is 1. The first-order valence-electron chi connectivity index (χ1n) is 8.76. The van der Waals surface area contributed by atoms with Gasteiger partial charge in [-0.15, -0.1) is 0 Å². The summed E-state index contributed by atoms with van der Waals surface area (Å²) >= 11 is 0. The zero-order valence-electron chi connectivity index (χ0n) is 15.8. The second-order valence-electron chi connectivity index (χ2n) is 6.38. The molecule has 9 heteroatoms. The lowest BCUT2D eigenvalue weighted by Gasteiger charge is -2.14. The first kappa shape index (κ1) is 18.9. The molecule has 2 aromatic heterocycles. The van der Waals surface area contributed by atoms with Crippen LogP contribution in [0.3, 0.4) is 0 Å². The minimum absolute atomic E-state index is 0.0774. The molecular formula is C20H18N4O4S. The number of hydrogen-bond donors (Lipinski definition) is 1. The second kappa shape index (κ2) is 7.51. The fraction of sp³-hybridized carbons (Fsp3) is 0.150. The van der Waals surface area contributed by atoms with Crippen molar-refractivity contribution in [3.8, 4) is 11.4 Å². The summed E-state index contributed by atoms with van der Waals surface area (Å²) in [5, 5.41) is 0. The summed E-state index contributed by atoms with van der Waals surface area (Å²) in [5.74, 6) is 0.682. The molecule has 0 unspecified atom stereocenters. The first-order valence-corrected chi connectivity index (χ1v) is 10.3. The van der Waals surface area contributed by atoms with E-state index in [-0.39, 0.29) is 17.7 Å². The summed E-state index contributed by atoms with van der Waals surface area (Å²) < 4.78 is 19.8. The Hall–Kier alpha value is -3.46. The molecule has 29 heavy (non-hydrogen) atoms. The Kier molecular flexibility index (Phi) is 4.89. The van der Waals surface area contributed by atoms with Crippen LogP contribution in [0.15, 0.2) is 69.3 Å². The van der Waals surface area contributed by atoms with E-state index in [0.29, 0.717) is 16.3 Å². The van der Waals surface area contributed by atoms with Crippen LogP contribution >= 0.6 is 0 Å². The summed E-state index contributed by atoms with van der Waals surface area (Å²) in [6.07, 6.45) is 2.91. The first-order chi connectivity index (χ1) is 14.0. The fourth-order valence-corrected chi connectivity index (χ4v) is 3.93. The molecule has 0 aliphatic heterocycles. The van der Waals surface area contributed by atoms with Crippen LogP contribution in [0, 0.1) is 0 Å². The molecular weight excluding hydrogens is 392 g/mol. The molecule has 0 fully saturated rings. The van der Waals surface area contributed by atoms with Crippen molar-refractivity contribution >= 4 is 22.0 Å². The molecule has 4 aromatic rings. The minimum atomic E-state index is -1.33. The number of ether oxygens (including phenoxy) is 1. The Morgan fingerprint density at radius 2 is 1.83 bits per heavy atom. The van der Waals surface area contributed by atoms with Gasteiger partial charge in [0.25, 0.3) is 5.56 Å². The summed E-state index contributed by atoms with van der Waals surface area (Å²) in [7, 11) is 0.236. The number of nitrogens with zero attached hydrogens (tertiary/aromatic N) is 3. The van der Waals surface area contributed by atoms with Crippen LogP contribution < -0.4 is 16.0 Å². The van der Waals surface area contributed by atoms with Crippen molar-refractivity contribution in [1.82, 2.24) is 19.1 Å². The Bertz CT molecular complexity index is 1340. The highest BCUT2D eigenvalue weighted by Crippen LogP contribution is 2.19. The number of nitrogens with one attached hydrogen (secondary N) is 1. The molecule has 8 nitrogen and oxygen atoms in total. The van der Waals surface area contributed by atoms with E-state index in [1.54, 1.807) is 61.9 Å². The van der Waals surface area contributed by atoms with Crippen molar-refractivity contribution in [3.63, 3.8) is 0 Å². The second-order valence-corrected chi connectivity index (χ2v) is 7.73. The maximum Gasteiger partial charge on any atom is 0.337 e. The molecule has 0 spiro atoms. The van der Waals surface area contributed by atoms with Gasteiger partial charge in [0.2, 0.25) is 0 Å². The lowest BCUT2D eigenvalue weighted by Crippen LogP contribution is -2.40. The quantitative estimate of drug-likeness (QED) is 0.540. The van der Waals surface area contributed by atoms with E-state index >= 15 is 0 Å². The highest BCUT2D eigenvalue weighted by atomic mass is 32.2. The lowest BCUT2D eigenvalue weighted by molar-refractivity contribution is 0.414. The summed E-state index contributed by atoms with van der Waals surface area (Å²) in [6.45, 7) is 0.0774. The van der Waals surface area contributed by atoms with Gasteiger partial charge in [-0.25, -0.2) is 14.3 Å². The predicted molar refractivity (Wildman–Crippen MR) is 110 cm³/mol. The molecule has 148 valence electrons. The van der Waals surface area contributed by atoms with Crippen molar-refractivity contribution in [2.24, 2.45) is 0 Å². The Balaban J connectivity index is 1.97. The molecule has 4 rings (SSSR count). The highest BCUT2D eigenvalue weighted by Gasteiger charge is 2.19. The Morgan fingerprint density at radius 1 is 1.10 bits per heavy atom. The number of H-pyrrole nitrogens is 1. The zero-order valence-corrected chi connectivity index (χ0v) is 16.6. The van der Waals surface area contributed by atoms with Gasteiger partial charge < -0.3 is 9.72 Å². The minimum Gasteiger partial charge on any atom is -0.497 e. The molecule has 2 heterocycles. The predicted octanol–water partition coefficient (Wildman–Crippen LogP) is 1.67.